The molecular weight excluding hydrogens is 901 g/mol. The smallest absolute Gasteiger partial charge is 0.306 e. The Balaban J connectivity index is 1.86. The summed E-state index contributed by atoms with van der Waals surface area (Å²) in [5.41, 5.74) is 0. The minimum Gasteiger partial charge on any atom is -0.462 e. The topological polar surface area (TPSA) is 231 Å². The summed E-state index contributed by atoms with van der Waals surface area (Å²) >= 11 is 0. The van der Waals surface area contributed by atoms with E-state index >= 15 is 0 Å². The zero-order chi connectivity index (χ0) is 51.0. The maximum atomic E-state index is 13.0. The van der Waals surface area contributed by atoms with Gasteiger partial charge in [0, 0.05) is 12.8 Å². The van der Waals surface area contributed by atoms with E-state index in [1.165, 1.54) is 19.3 Å². The van der Waals surface area contributed by atoms with Gasteiger partial charge in [0.2, 0.25) is 0 Å². The Labute approximate surface area is 417 Å². The summed E-state index contributed by atoms with van der Waals surface area (Å²) in [4.78, 5) is 25.7. The lowest BCUT2D eigenvalue weighted by Gasteiger charge is -2.42. The molecule has 2 rings (SSSR count). The van der Waals surface area contributed by atoms with Crippen molar-refractivity contribution in [3.63, 3.8) is 0 Å². The van der Waals surface area contributed by atoms with Crippen molar-refractivity contribution >= 4 is 11.9 Å². The van der Waals surface area contributed by atoms with E-state index in [-0.39, 0.29) is 19.4 Å². The molecule has 2 saturated heterocycles. The standard InChI is InChI=1S/C55H88O15/c1-3-5-7-9-11-13-15-17-19-20-21-22-24-26-28-30-32-34-36-38-47(58)68-43(40-65-46(57)37-35-33-31-29-27-25-23-18-16-14-12-10-8-6-4-2)41-66-54-53(64)51(62)49(60)45(70-54)42-67-55-52(63)50(61)48(59)44(39-56)69-55/h5,7,11-14,17-19,21-23,26,28,32,34,43-45,48-56,59-64H,3-4,6,8-10,15-16,20,24-25,27,29-31,33,35-42H2,1-2H3/b7-5-,13-11-,14-12-,19-17-,22-21-,23-18-,28-26-,34-32-. The van der Waals surface area contributed by atoms with Crippen molar-refractivity contribution in [3.05, 3.63) is 97.2 Å². The maximum Gasteiger partial charge on any atom is 0.306 e. The fraction of sp³-hybridized carbons (Fsp3) is 0.673. The van der Waals surface area contributed by atoms with Crippen LogP contribution >= 0.6 is 0 Å². The third kappa shape index (κ3) is 28.5. The quantitative estimate of drug-likeness (QED) is 0.0182. The van der Waals surface area contributed by atoms with Gasteiger partial charge in [0.25, 0.3) is 0 Å². The number of aliphatic hydroxyl groups excluding tert-OH is 7. The van der Waals surface area contributed by atoms with E-state index < -0.39 is 99.3 Å². The molecule has 11 atom stereocenters. The van der Waals surface area contributed by atoms with Gasteiger partial charge >= 0.3 is 11.9 Å². The van der Waals surface area contributed by atoms with Crippen LogP contribution < -0.4 is 0 Å². The predicted molar refractivity (Wildman–Crippen MR) is 270 cm³/mol. The second-order valence-corrected chi connectivity index (χ2v) is 17.6. The molecule has 15 nitrogen and oxygen atoms in total. The van der Waals surface area contributed by atoms with Crippen LogP contribution in [-0.2, 0) is 38.0 Å². The largest absolute Gasteiger partial charge is 0.462 e. The molecular formula is C55H88O15. The Kier molecular flexibility index (Phi) is 36.6. The number of allylic oxidation sites excluding steroid dienone is 16. The number of hydrogen-bond donors (Lipinski definition) is 7. The average Bonchev–Trinajstić information content (AvgIpc) is 3.35. The van der Waals surface area contributed by atoms with Gasteiger partial charge in [-0.15, -0.1) is 0 Å². The molecule has 2 fully saturated rings. The van der Waals surface area contributed by atoms with Crippen LogP contribution in [0.15, 0.2) is 97.2 Å². The molecule has 0 aromatic carbocycles. The monoisotopic (exact) mass is 989 g/mol. The molecule has 15 heteroatoms. The van der Waals surface area contributed by atoms with Crippen LogP contribution in [0.3, 0.4) is 0 Å². The van der Waals surface area contributed by atoms with Crippen molar-refractivity contribution in [1.82, 2.24) is 0 Å². The lowest BCUT2D eigenvalue weighted by atomic mass is 9.98. The van der Waals surface area contributed by atoms with E-state index in [0.717, 1.165) is 77.0 Å². The van der Waals surface area contributed by atoms with Crippen molar-refractivity contribution in [3.8, 4) is 0 Å². The molecule has 398 valence electrons. The fourth-order valence-electron chi connectivity index (χ4n) is 7.33. The number of carbonyl (C=O) groups is 2. The van der Waals surface area contributed by atoms with Crippen LogP contribution in [0.5, 0.6) is 0 Å². The van der Waals surface area contributed by atoms with E-state index in [1.807, 2.05) is 18.2 Å². The van der Waals surface area contributed by atoms with E-state index in [1.54, 1.807) is 0 Å². The van der Waals surface area contributed by atoms with Crippen molar-refractivity contribution < 1.29 is 73.8 Å². The van der Waals surface area contributed by atoms with Gasteiger partial charge < -0.3 is 64.2 Å². The number of esters is 2. The molecule has 0 spiro atoms. The normalized spacial score (nSPS) is 26.2. The summed E-state index contributed by atoms with van der Waals surface area (Å²) in [5.74, 6) is -1.05. The van der Waals surface area contributed by atoms with Crippen molar-refractivity contribution in [2.24, 2.45) is 0 Å². The first-order valence-corrected chi connectivity index (χ1v) is 25.8. The molecule has 0 saturated carbocycles. The first kappa shape index (κ1) is 62.5. The molecule has 7 N–H and O–H groups in total. The van der Waals surface area contributed by atoms with Gasteiger partial charge in [0.05, 0.1) is 19.8 Å². The zero-order valence-electron chi connectivity index (χ0n) is 42.0. The third-order valence-corrected chi connectivity index (χ3v) is 11.6. The maximum absolute atomic E-state index is 13.0. The van der Waals surface area contributed by atoms with Crippen LogP contribution in [0.4, 0.5) is 0 Å². The van der Waals surface area contributed by atoms with Gasteiger partial charge in [0.1, 0.15) is 55.4 Å². The first-order valence-electron chi connectivity index (χ1n) is 25.8. The van der Waals surface area contributed by atoms with E-state index in [4.69, 9.17) is 28.4 Å². The second-order valence-electron chi connectivity index (χ2n) is 17.6. The highest BCUT2D eigenvalue weighted by atomic mass is 16.7. The Hall–Kier alpha value is -3.58. The molecule has 0 bridgehead atoms. The lowest BCUT2D eigenvalue weighted by Crippen LogP contribution is -2.61. The second kappa shape index (κ2) is 41.0. The van der Waals surface area contributed by atoms with Gasteiger partial charge in [-0.05, 0) is 83.5 Å². The van der Waals surface area contributed by atoms with E-state index in [0.29, 0.717) is 19.3 Å². The van der Waals surface area contributed by atoms with Crippen molar-refractivity contribution in [1.29, 1.82) is 0 Å². The van der Waals surface area contributed by atoms with Crippen molar-refractivity contribution in [2.75, 3.05) is 26.4 Å². The highest BCUT2D eigenvalue weighted by molar-refractivity contribution is 5.70. The zero-order valence-corrected chi connectivity index (χ0v) is 42.0. The first-order chi connectivity index (χ1) is 34.0. The molecule has 2 heterocycles. The minimum atomic E-state index is -1.79. The molecule has 0 radical (unpaired) electrons. The lowest BCUT2D eigenvalue weighted by molar-refractivity contribution is -0.332. The number of ether oxygens (including phenoxy) is 6. The van der Waals surface area contributed by atoms with Crippen LogP contribution in [-0.4, -0.2) is 142 Å². The molecule has 2 aliphatic heterocycles. The highest BCUT2D eigenvalue weighted by Crippen LogP contribution is 2.26. The van der Waals surface area contributed by atoms with E-state index in [9.17, 15) is 45.3 Å². The summed E-state index contributed by atoms with van der Waals surface area (Å²) in [6.45, 7) is 2.33. The van der Waals surface area contributed by atoms with Gasteiger partial charge in [0.15, 0.2) is 18.7 Å². The van der Waals surface area contributed by atoms with Gasteiger partial charge in [-0.1, -0.05) is 143 Å². The number of hydrogen-bond acceptors (Lipinski definition) is 15. The molecule has 0 aromatic heterocycles. The van der Waals surface area contributed by atoms with Crippen LogP contribution in [0.1, 0.15) is 142 Å². The Morgan fingerprint density at radius 1 is 0.471 bits per heavy atom. The van der Waals surface area contributed by atoms with Crippen LogP contribution in [0.25, 0.3) is 0 Å². The molecule has 0 aliphatic carbocycles. The number of aliphatic hydroxyl groups is 7. The van der Waals surface area contributed by atoms with Gasteiger partial charge in [-0.2, -0.15) is 0 Å². The SMILES string of the molecule is CC/C=C\C/C=C\C/C=C\C/C=C\C/C=C\C/C=C\CCC(=O)OC(COC(=O)CCCCCCC/C=C\C/C=C\CCCCC)COC1OC(COC2OC(CO)C(O)C(O)C2O)C(O)C(O)C1O. The fourth-order valence-corrected chi connectivity index (χ4v) is 7.33. The summed E-state index contributed by atoms with van der Waals surface area (Å²) in [6.07, 6.45) is 34.4. The third-order valence-electron chi connectivity index (χ3n) is 11.6. The predicted octanol–water partition coefficient (Wildman–Crippen LogP) is 7.37. The highest BCUT2D eigenvalue weighted by Gasteiger charge is 2.47. The molecule has 0 aromatic rings. The summed E-state index contributed by atoms with van der Waals surface area (Å²) in [7, 11) is 0. The Morgan fingerprint density at radius 3 is 1.47 bits per heavy atom. The van der Waals surface area contributed by atoms with E-state index in [2.05, 4.69) is 92.8 Å². The van der Waals surface area contributed by atoms with Gasteiger partial charge in [-0.3, -0.25) is 9.59 Å². The molecule has 2 aliphatic rings. The van der Waals surface area contributed by atoms with Crippen LogP contribution in [0.2, 0.25) is 0 Å². The van der Waals surface area contributed by atoms with Gasteiger partial charge in [-0.25, -0.2) is 0 Å². The van der Waals surface area contributed by atoms with Crippen molar-refractivity contribution in [2.45, 2.75) is 210 Å². The molecule has 0 amide bonds. The molecule has 70 heavy (non-hydrogen) atoms. The number of carbonyl (C=O) groups excluding carboxylic acids is 2. The summed E-state index contributed by atoms with van der Waals surface area (Å²) < 4.78 is 33.5. The summed E-state index contributed by atoms with van der Waals surface area (Å²) in [5, 5.41) is 72.1. The number of rotatable bonds is 38. The average molecular weight is 989 g/mol. The van der Waals surface area contributed by atoms with Crippen LogP contribution in [0, 0.1) is 0 Å². The number of unbranched alkanes of at least 4 members (excludes halogenated alkanes) is 8. The Bertz CT molecular complexity index is 1580. The summed E-state index contributed by atoms with van der Waals surface area (Å²) in [6, 6.07) is 0. The minimum absolute atomic E-state index is 0.0312. The Morgan fingerprint density at radius 2 is 0.929 bits per heavy atom. The molecule has 11 unspecified atom stereocenters.